The fourth-order valence-corrected chi connectivity index (χ4v) is 3.46. The minimum absolute atomic E-state index is 0.0429. The molecule has 12 heteroatoms. The van der Waals surface area contributed by atoms with Gasteiger partial charge >= 0.3 is 6.18 Å². The number of carbonyl (C=O) groups is 1. The van der Waals surface area contributed by atoms with Crippen molar-refractivity contribution in [1.82, 2.24) is 4.98 Å². The summed E-state index contributed by atoms with van der Waals surface area (Å²) in [6, 6.07) is 6.42. The summed E-state index contributed by atoms with van der Waals surface area (Å²) >= 11 is 0. The summed E-state index contributed by atoms with van der Waals surface area (Å²) in [4.78, 5) is 24.9. The standard InChI is InChI=1S/C22H24F4N2O6/c1-21(11-31-7-6-23)12-32-9-15(34-21)10-33-14-4-2-13(3-5-14)16-8-17(19(27)29)20(30)28-18(16)22(24,25)26/h2-5,8,15H,6-7,9-12H2,1H3,(H2,27,29)(H,28,30)/t15-,21-/m0/s1. The molecule has 1 aromatic carbocycles. The van der Waals surface area contributed by atoms with Crippen LogP contribution in [0.3, 0.4) is 0 Å². The lowest BCUT2D eigenvalue weighted by atomic mass is 10.0. The molecule has 0 aliphatic carbocycles. The first-order valence-electron chi connectivity index (χ1n) is 10.3. The highest BCUT2D eigenvalue weighted by molar-refractivity contribution is 5.94. The van der Waals surface area contributed by atoms with Crippen molar-refractivity contribution in [3.8, 4) is 16.9 Å². The van der Waals surface area contributed by atoms with Crippen LogP contribution in [0.15, 0.2) is 35.1 Å². The summed E-state index contributed by atoms with van der Waals surface area (Å²) in [6.45, 7) is 1.91. The molecule has 3 N–H and O–H groups in total. The van der Waals surface area contributed by atoms with E-state index in [1.54, 1.807) is 11.9 Å². The number of hydrogen-bond donors (Lipinski definition) is 2. The van der Waals surface area contributed by atoms with E-state index in [2.05, 4.69) is 0 Å². The van der Waals surface area contributed by atoms with Gasteiger partial charge in [-0.05, 0) is 30.7 Å². The molecule has 3 rings (SSSR count). The molecule has 1 aliphatic rings. The van der Waals surface area contributed by atoms with E-state index in [1.807, 2.05) is 0 Å². The predicted molar refractivity (Wildman–Crippen MR) is 112 cm³/mol. The van der Waals surface area contributed by atoms with Crippen molar-refractivity contribution in [3.63, 3.8) is 0 Å². The number of nitrogens with one attached hydrogen (secondary N) is 1. The second-order valence-electron chi connectivity index (χ2n) is 7.94. The van der Waals surface area contributed by atoms with Crippen LogP contribution in [0, 0.1) is 0 Å². The van der Waals surface area contributed by atoms with Crippen molar-refractivity contribution < 1.29 is 41.3 Å². The van der Waals surface area contributed by atoms with Crippen molar-refractivity contribution in [2.24, 2.45) is 5.73 Å². The van der Waals surface area contributed by atoms with Gasteiger partial charge in [0.25, 0.3) is 11.5 Å². The van der Waals surface area contributed by atoms with Gasteiger partial charge in [-0.25, -0.2) is 4.39 Å². The van der Waals surface area contributed by atoms with Gasteiger partial charge in [0, 0.05) is 5.56 Å². The topological polar surface area (TPSA) is 113 Å². The molecule has 1 amide bonds. The van der Waals surface area contributed by atoms with Gasteiger partial charge in [-0.3, -0.25) is 9.59 Å². The number of carbonyl (C=O) groups excluding carboxylic acids is 1. The van der Waals surface area contributed by atoms with E-state index in [1.165, 1.54) is 24.3 Å². The van der Waals surface area contributed by atoms with Crippen LogP contribution in [0.2, 0.25) is 0 Å². The molecule has 0 radical (unpaired) electrons. The SMILES string of the molecule is C[C@]1(COCCF)COC[C@@H](COc2ccc(-c3cc(C(N)=O)c(=O)[nH]c3C(F)(F)F)cc2)O1. The quantitative estimate of drug-likeness (QED) is 0.415. The first kappa shape index (κ1) is 25.7. The monoisotopic (exact) mass is 488 g/mol. The Morgan fingerprint density at radius 3 is 2.62 bits per heavy atom. The highest BCUT2D eigenvalue weighted by atomic mass is 19.4. The molecule has 8 nitrogen and oxygen atoms in total. The zero-order valence-corrected chi connectivity index (χ0v) is 18.2. The number of H-pyrrole nitrogens is 1. The van der Waals surface area contributed by atoms with Crippen LogP contribution in [0.4, 0.5) is 17.6 Å². The van der Waals surface area contributed by atoms with Gasteiger partial charge in [0.15, 0.2) is 0 Å². The van der Waals surface area contributed by atoms with Crippen LogP contribution >= 0.6 is 0 Å². The lowest BCUT2D eigenvalue weighted by Gasteiger charge is -2.38. The average molecular weight is 488 g/mol. The summed E-state index contributed by atoms with van der Waals surface area (Å²) in [5.41, 5.74) is 0.926. The van der Waals surface area contributed by atoms with Crippen LogP contribution < -0.4 is 16.0 Å². The smallest absolute Gasteiger partial charge is 0.431 e. The van der Waals surface area contributed by atoms with Crippen LogP contribution in [-0.4, -0.2) is 62.3 Å². The molecule has 0 unspecified atom stereocenters. The maximum absolute atomic E-state index is 13.4. The fraction of sp³-hybridized carbons (Fsp3) is 0.455. The van der Waals surface area contributed by atoms with Crippen molar-refractivity contribution >= 4 is 5.91 Å². The first-order chi connectivity index (χ1) is 16.0. The number of halogens is 4. The molecule has 1 aliphatic heterocycles. The number of pyridine rings is 1. The van der Waals surface area contributed by atoms with Crippen LogP contribution in [0.1, 0.15) is 23.0 Å². The first-order valence-corrected chi connectivity index (χ1v) is 10.3. The number of aromatic nitrogens is 1. The number of hydrogen-bond acceptors (Lipinski definition) is 6. The Labute approximate surface area is 191 Å². The van der Waals surface area contributed by atoms with E-state index in [9.17, 15) is 27.2 Å². The molecule has 186 valence electrons. The zero-order valence-electron chi connectivity index (χ0n) is 18.2. The van der Waals surface area contributed by atoms with E-state index >= 15 is 0 Å². The Kier molecular flexibility index (Phi) is 7.95. The van der Waals surface area contributed by atoms with Gasteiger partial charge in [0.2, 0.25) is 0 Å². The van der Waals surface area contributed by atoms with E-state index in [0.29, 0.717) is 5.75 Å². The molecule has 1 aromatic heterocycles. The number of aromatic amines is 1. The molecular weight excluding hydrogens is 464 g/mol. The Balaban J connectivity index is 1.72. The van der Waals surface area contributed by atoms with Crippen molar-refractivity contribution in [3.05, 3.63) is 51.9 Å². The third-order valence-corrected chi connectivity index (χ3v) is 4.98. The van der Waals surface area contributed by atoms with Crippen molar-refractivity contribution in [2.75, 3.05) is 39.7 Å². The van der Waals surface area contributed by atoms with E-state index in [-0.39, 0.29) is 38.6 Å². The Hall–Kier alpha value is -2.96. The lowest BCUT2D eigenvalue weighted by Crippen LogP contribution is -2.50. The largest absolute Gasteiger partial charge is 0.491 e. The Morgan fingerprint density at radius 2 is 2.00 bits per heavy atom. The minimum Gasteiger partial charge on any atom is -0.491 e. The summed E-state index contributed by atoms with van der Waals surface area (Å²) in [7, 11) is 0. The van der Waals surface area contributed by atoms with Gasteiger partial charge in [-0.2, -0.15) is 13.2 Å². The molecule has 1 saturated heterocycles. The third kappa shape index (κ3) is 6.33. The average Bonchev–Trinajstić information content (AvgIpc) is 2.77. The number of rotatable bonds is 9. The lowest BCUT2D eigenvalue weighted by molar-refractivity contribution is -0.216. The number of amides is 1. The van der Waals surface area contributed by atoms with E-state index in [0.717, 1.165) is 6.07 Å². The molecule has 2 aromatic rings. The molecular formula is C22H24F4N2O6. The van der Waals surface area contributed by atoms with Gasteiger partial charge in [-0.15, -0.1) is 0 Å². The molecule has 2 atom stereocenters. The number of primary amides is 1. The van der Waals surface area contributed by atoms with Crippen molar-refractivity contribution in [2.45, 2.75) is 24.8 Å². The summed E-state index contributed by atoms with van der Waals surface area (Å²) in [5, 5.41) is 0. The predicted octanol–water partition coefficient (Wildman–Crippen LogP) is 2.70. The third-order valence-electron chi connectivity index (χ3n) is 4.98. The van der Waals surface area contributed by atoms with Gasteiger partial charge in [0.1, 0.15) is 42.0 Å². The second kappa shape index (κ2) is 10.5. The summed E-state index contributed by atoms with van der Waals surface area (Å²) in [5.74, 6) is -0.797. The van der Waals surface area contributed by atoms with Gasteiger partial charge in [-0.1, -0.05) is 12.1 Å². The summed E-state index contributed by atoms with van der Waals surface area (Å²) in [6.07, 6.45) is -5.31. The van der Waals surface area contributed by atoms with Gasteiger partial charge in [0.05, 0.1) is 26.4 Å². The molecule has 0 spiro atoms. The van der Waals surface area contributed by atoms with Crippen LogP contribution in [0.5, 0.6) is 5.75 Å². The molecule has 0 bridgehead atoms. The number of alkyl halides is 4. The number of ether oxygens (including phenoxy) is 4. The molecule has 1 fully saturated rings. The highest BCUT2D eigenvalue weighted by Gasteiger charge is 2.36. The number of benzene rings is 1. The van der Waals surface area contributed by atoms with Crippen LogP contribution in [-0.2, 0) is 20.4 Å². The molecule has 2 heterocycles. The van der Waals surface area contributed by atoms with E-state index in [4.69, 9.17) is 24.7 Å². The Bertz CT molecular complexity index is 1060. The van der Waals surface area contributed by atoms with Gasteiger partial charge < -0.3 is 29.7 Å². The van der Waals surface area contributed by atoms with E-state index < -0.39 is 52.8 Å². The second-order valence-corrected chi connectivity index (χ2v) is 7.94. The maximum atomic E-state index is 13.4. The molecule has 0 saturated carbocycles. The van der Waals surface area contributed by atoms with Crippen molar-refractivity contribution in [1.29, 1.82) is 0 Å². The minimum atomic E-state index is -4.86. The fourth-order valence-electron chi connectivity index (χ4n) is 3.46. The van der Waals surface area contributed by atoms with Crippen LogP contribution in [0.25, 0.3) is 11.1 Å². The Morgan fingerprint density at radius 1 is 1.29 bits per heavy atom. The maximum Gasteiger partial charge on any atom is 0.431 e. The summed E-state index contributed by atoms with van der Waals surface area (Å²) < 4.78 is 74.9. The zero-order chi connectivity index (χ0) is 24.9. The highest BCUT2D eigenvalue weighted by Crippen LogP contribution is 2.35. The number of nitrogens with two attached hydrogens (primary N) is 1. The normalized spacial score (nSPS) is 20.8. The molecule has 34 heavy (non-hydrogen) atoms.